The molecule has 0 spiro atoms. The number of rotatable bonds is 8. The number of benzene rings is 6. The Morgan fingerprint density at radius 3 is 1.39 bits per heavy atom. The molecule has 0 unspecified atom stereocenters. The van der Waals surface area contributed by atoms with Crippen LogP contribution in [0.3, 0.4) is 0 Å². The van der Waals surface area contributed by atoms with E-state index in [-0.39, 0.29) is 17.9 Å². The van der Waals surface area contributed by atoms with Crippen molar-refractivity contribution in [3.63, 3.8) is 0 Å². The van der Waals surface area contributed by atoms with Gasteiger partial charge in [0.25, 0.3) is 0 Å². The Morgan fingerprint density at radius 2 is 0.957 bits per heavy atom. The van der Waals surface area contributed by atoms with E-state index in [4.69, 9.17) is 44.3 Å². The summed E-state index contributed by atoms with van der Waals surface area (Å²) in [5.74, 6) is 1.13. The van der Waals surface area contributed by atoms with Crippen LogP contribution >= 0.6 is 66.7 Å². The third-order valence-corrected chi connectivity index (χ3v) is 10.2. The van der Waals surface area contributed by atoms with Gasteiger partial charge >= 0.3 is 18.5 Å². The predicted octanol–water partition coefficient (Wildman–Crippen LogP) is 15.9. The molecule has 0 heterocycles. The van der Waals surface area contributed by atoms with Gasteiger partial charge in [-0.1, -0.05) is 87.1 Å². The Hall–Kier alpha value is -5.86. The van der Waals surface area contributed by atoms with E-state index in [1.165, 1.54) is 25.3 Å². The van der Waals surface area contributed by atoms with Gasteiger partial charge in [-0.05, 0) is 107 Å². The number of ether oxygens (including phenoxy) is 2. The van der Waals surface area contributed by atoms with Crippen molar-refractivity contribution in [2.45, 2.75) is 25.5 Å². The molecule has 6 aromatic rings. The van der Waals surface area contributed by atoms with Crippen molar-refractivity contribution in [1.82, 2.24) is 0 Å². The normalized spacial score (nSPS) is 10.4. The molecule has 0 aromatic heterocycles. The quantitative estimate of drug-likeness (QED) is 0.109. The molecular formula is C48H34Br2Cl3F9O8. The molecule has 6 aromatic carbocycles. The predicted molar refractivity (Wildman–Crippen MR) is 254 cm³/mol. The van der Waals surface area contributed by atoms with E-state index < -0.39 is 40.8 Å². The lowest BCUT2D eigenvalue weighted by atomic mass is 10.1. The molecule has 0 amide bonds. The van der Waals surface area contributed by atoms with Crippen LogP contribution in [0.15, 0.2) is 124 Å². The molecule has 70 heavy (non-hydrogen) atoms. The summed E-state index contributed by atoms with van der Waals surface area (Å²) in [6.45, 7) is 1.91. The molecule has 0 saturated heterocycles. The van der Waals surface area contributed by atoms with Gasteiger partial charge in [-0.3, -0.25) is 28.8 Å². The van der Waals surface area contributed by atoms with Crippen molar-refractivity contribution < 1.29 is 77.8 Å². The van der Waals surface area contributed by atoms with Crippen LogP contribution in [0.2, 0.25) is 15.1 Å². The van der Waals surface area contributed by atoms with Crippen molar-refractivity contribution >= 4 is 104 Å². The summed E-state index contributed by atoms with van der Waals surface area (Å²) in [6, 6.07) is 25.5. The highest BCUT2D eigenvalue weighted by atomic mass is 79.9. The lowest BCUT2D eigenvalue weighted by Crippen LogP contribution is -2.11. The highest BCUT2D eigenvalue weighted by Gasteiger charge is 2.37. The van der Waals surface area contributed by atoms with E-state index in [0.717, 1.165) is 46.6 Å². The Kier molecular flexibility index (Phi) is 26.6. The van der Waals surface area contributed by atoms with Gasteiger partial charge in [0.2, 0.25) is 0 Å². The van der Waals surface area contributed by atoms with E-state index >= 15 is 0 Å². The molecule has 0 aliphatic carbocycles. The van der Waals surface area contributed by atoms with Gasteiger partial charge in [-0.2, -0.15) is 39.5 Å². The number of hydrogen-bond donors (Lipinski definition) is 0. The van der Waals surface area contributed by atoms with Crippen molar-refractivity contribution in [2.75, 3.05) is 14.2 Å². The molecule has 0 bridgehead atoms. The first-order valence-electron chi connectivity index (χ1n) is 18.8. The van der Waals surface area contributed by atoms with Gasteiger partial charge in [0.1, 0.15) is 25.1 Å². The Morgan fingerprint density at radius 1 is 0.457 bits per heavy atom. The SMILES string of the molecule is COc1cc(C=O)cc(Br)c1OC.Cc1ccc(Br)cc1C=O.O=Cc1cc(C(F)(F)F)cc(C(F)(F)F)c1.O=Cc1ccc(Cl)cc1Cl.O=Cc1cccc(C(F)(F)F)c1.O=Cc1ccccc1Cl. The Labute approximate surface area is 425 Å². The minimum atomic E-state index is -4.92. The largest absolute Gasteiger partial charge is 0.493 e. The van der Waals surface area contributed by atoms with Crippen molar-refractivity contribution in [2.24, 2.45) is 0 Å². The average Bonchev–Trinajstić information content (AvgIpc) is 3.32. The van der Waals surface area contributed by atoms with Crippen LogP contribution in [0.4, 0.5) is 39.5 Å². The first-order chi connectivity index (χ1) is 32.7. The minimum absolute atomic E-state index is 0.0322. The highest BCUT2D eigenvalue weighted by Crippen LogP contribution is 2.37. The van der Waals surface area contributed by atoms with Gasteiger partial charge in [0, 0.05) is 42.9 Å². The fraction of sp³-hybridized carbons (Fsp3) is 0.125. The third kappa shape index (κ3) is 21.8. The lowest BCUT2D eigenvalue weighted by molar-refractivity contribution is -0.143. The van der Waals surface area contributed by atoms with Crippen LogP contribution in [0.5, 0.6) is 11.5 Å². The Balaban J connectivity index is 0.000000424. The third-order valence-electron chi connectivity index (χ3n) is 8.18. The monoisotopic (exact) mass is 1170 g/mol. The van der Waals surface area contributed by atoms with Gasteiger partial charge < -0.3 is 9.47 Å². The number of halogens is 14. The molecule has 22 heteroatoms. The summed E-state index contributed by atoms with van der Waals surface area (Å²) in [4.78, 5) is 61.6. The summed E-state index contributed by atoms with van der Waals surface area (Å²) < 4.78 is 121. The Bertz CT molecular complexity index is 2680. The highest BCUT2D eigenvalue weighted by molar-refractivity contribution is 9.10. The van der Waals surface area contributed by atoms with E-state index in [1.807, 2.05) is 25.1 Å². The maximum Gasteiger partial charge on any atom is 0.416 e. The first kappa shape index (κ1) is 62.2. The maximum absolute atomic E-state index is 12.2. The van der Waals surface area contributed by atoms with Crippen LogP contribution in [0, 0.1) is 6.92 Å². The average molecular weight is 1180 g/mol. The second-order valence-electron chi connectivity index (χ2n) is 13.1. The van der Waals surface area contributed by atoms with Gasteiger partial charge in [-0.25, -0.2) is 0 Å². The molecule has 0 atom stereocenters. The number of hydrogen-bond acceptors (Lipinski definition) is 8. The van der Waals surface area contributed by atoms with Gasteiger partial charge in [0.15, 0.2) is 24.1 Å². The van der Waals surface area contributed by atoms with Crippen molar-refractivity contribution in [3.8, 4) is 11.5 Å². The van der Waals surface area contributed by atoms with Crippen molar-refractivity contribution in [3.05, 3.63) is 195 Å². The summed E-state index contributed by atoms with van der Waals surface area (Å²) in [5, 5.41) is 1.44. The number of aryl methyl sites for hydroxylation is 1. The van der Waals surface area contributed by atoms with Gasteiger partial charge in [0.05, 0.1) is 45.4 Å². The zero-order valence-electron chi connectivity index (χ0n) is 36.0. The van der Waals surface area contributed by atoms with Crippen molar-refractivity contribution in [1.29, 1.82) is 0 Å². The number of alkyl halides is 9. The second-order valence-corrected chi connectivity index (χ2v) is 16.1. The first-order valence-corrected chi connectivity index (χ1v) is 21.5. The fourth-order valence-electron chi connectivity index (χ4n) is 4.75. The van der Waals surface area contributed by atoms with Crippen LogP contribution in [0.25, 0.3) is 0 Å². The molecule has 0 radical (unpaired) electrons. The molecule has 0 N–H and O–H groups in total. The number of aldehydes is 6. The molecule has 0 aliphatic rings. The van der Waals surface area contributed by atoms with Crippen LogP contribution in [-0.2, 0) is 18.5 Å². The van der Waals surface area contributed by atoms with E-state index in [0.29, 0.717) is 72.4 Å². The molecule has 0 saturated carbocycles. The zero-order valence-corrected chi connectivity index (χ0v) is 41.4. The molecule has 0 aliphatic heterocycles. The number of methoxy groups -OCH3 is 2. The van der Waals surface area contributed by atoms with E-state index in [9.17, 15) is 68.3 Å². The zero-order chi connectivity index (χ0) is 53.4. The van der Waals surface area contributed by atoms with Gasteiger partial charge in [-0.15, -0.1) is 0 Å². The molecular weight excluding hydrogens is 1140 g/mol. The smallest absolute Gasteiger partial charge is 0.416 e. The molecule has 0 fully saturated rings. The van der Waals surface area contributed by atoms with E-state index in [2.05, 4.69) is 31.9 Å². The number of carbonyl (C=O) groups excluding carboxylic acids is 6. The molecule has 8 nitrogen and oxygen atoms in total. The standard InChI is InChI=1S/C9H9BrO3.C9H4F6O.C8H7BrO.C8H5F3O.C7H4Cl2O.C7H5ClO/c1-12-8-4-6(5-11)3-7(10)9(8)13-2;10-8(11,12)6-1-5(4-16)2-7(3-6)9(13,14)15;1-6-2-3-8(9)4-7(6)5-10;9-8(10,11)7-3-1-2-6(4-7)5-12;8-6-2-1-5(4-10)7(9)3-6;8-7-4-2-1-3-6(7)5-9/h3-5H,1-2H3;1-4H;2-5H,1H3;1-5H;1-4H;1-5H. The topological polar surface area (TPSA) is 121 Å². The summed E-state index contributed by atoms with van der Waals surface area (Å²) in [5.41, 5.74) is -1.12. The van der Waals surface area contributed by atoms with E-state index in [1.54, 1.807) is 55.6 Å². The van der Waals surface area contributed by atoms with Crippen LogP contribution < -0.4 is 9.47 Å². The molecule has 6 rings (SSSR count). The number of carbonyl (C=O) groups is 6. The van der Waals surface area contributed by atoms with Crippen LogP contribution in [-0.4, -0.2) is 51.9 Å². The lowest BCUT2D eigenvalue weighted by Gasteiger charge is -2.12. The fourth-order valence-corrected chi connectivity index (χ4v) is 6.38. The summed E-state index contributed by atoms with van der Waals surface area (Å²) in [6.07, 6.45) is -10.8. The minimum Gasteiger partial charge on any atom is -0.493 e. The maximum atomic E-state index is 12.2. The van der Waals surface area contributed by atoms with Crippen LogP contribution in [0.1, 0.15) is 84.4 Å². The molecule has 372 valence electrons. The summed E-state index contributed by atoms with van der Waals surface area (Å²) in [7, 11) is 3.07. The second kappa shape index (κ2) is 30.0. The summed E-state index contributed by atoms with van der Waals surface area (Å²) >= 11 is 23.3.